The van der Waals surface area contributed by atoms with Crippen molar-refractivity contribution in [1.82, 2.24) is 10.2 Å². The molecule has 0 radical (unpaired) electrons. The Bertz CT molecular complexity index is 903. The van der Waals surface area contributed by atoms with Gasteiger partial charge in [-0.15, -0.1) is 22.0 Å². The molecule has 1 N–H and O–H groups in total. The first-order valence-electron chi connectivity index (χ1n) is 8.93. The van der Waals surface area contributed by atoms with Gasteiger partial charge in [-0.25, -0.2) is 0 Å². The summed E-state index contributed by atoms with van der Waals surface area (Å²) in [5.41, 5.74) is 2.74. The summed E-state index contributed by atoms with van der Waals surface area (Å²) in [5.74, 6) is 1.11. The summed E-state index contributed by atoms with van der Waals surface area (Å²) in [6, 6.07) is 18.6. The zero-order valence-electron chi connectivity index (χ0n) is 16.1. The molecule has 0 fully saturated rings. The molecule has 28 heavy (non-hydrogen) atoms. The third-order valence-electron chi connectivity index (χ3n) is 3.95. The minimum absolute atomic E-state index is 0.0701. The number of hydrogen-bond donors (Lipinski definition) is 1. The van der Waals surface area contributed by atoms with Gasteiger partial charge in [0.1, 0.15) is 0 Å². The van der Waals surface area contributed by atoms with Crippen LogP contribution >= 0.6 is 34.9 Å². The largest absolute Gasteiger partial charge is 0.300 e. The molecule has 3 aromatic rings. The van der Waals surface area contributed by atoms with Gasteiger partial charge in [0.05, 0.1) is 5.75 Å². The number of aromatic nitrogens is 2. The molecule has 0 atom stereocenters. The Balaban J connectivity index is 1.46. The summed E-state index contributed by atoms with van der Waals surface area (Å²) in [4.78, 5) is 13.2. The molecular formula is C21H23N3OS3. The summed E-state index contributed by atoms with van der Waals surface area (Å²) in [6.45, 7) is 6.64. The van der Waals surface area contributed by atoms with Gasteiger partial charge in [0, 0.05) is 10.6 Å². The van der Waals surface area contributed by atoms with Crippen molar-refractivity contribution in [3.05, 3.63) is 65.7 Å². The highest BCUT2D eigenvalue weighted by Crippen LogP contribution is 2.29. The minimum atomic E-state index is -0.0701. The molecule has 0 spiro atoms. The van der Waals surface area contributed by atoms with E-state index in [0.717, 1.165) is 15.0 Å². The van der Waals surface area contributed by atoms with E-state index in [4.69, 9.17) is 0 Å². The first-order chi connectivity index (χ1) is 13.4. The average Bonchev–Trinajstić information content (AvgIpc) is 3.12. The van der Waals surface area contributed by atoms with Gasteiger partial charge in [-0.05, 0) is 28.7 Å². The second-order valence-corrected chi connectivity index (χ2v) is 10.5. The maximum absolute atomic E-state index is 12.1. The molecule has 1 heterocycles. The van der Waals surface area contributed by atoms with Crippen LogP contribution in [0.5, 0.6) is 0 Å². The van der Waals surface area contributed by atoms with E-state index in [1.165, 1.54) is 34.2 Å². The Morgan fingerprint density at radius 1 is 1.00 bits per heavy atom. The van der Waals surface area contributed by atoms with E-state index in [0.29, 0.717) is 10.9 Å². The number of carbonyl (C=O) groups is 1. The van der Waals surface area contributed by atoms with E-state index in [2.05, 4.69) is 60.6 Å². The Morgan fingerprint density at radius 2 is 1.71 bits per heavy atom. The van der Waals surface area contributed by atoms with Gasteiger partial charge in [0.15, 0.2) is 4.34 Å². The molecule has 1 aromatic heterocycles. The number of rotatable bonds is 7. The number of nitrogens with one attached hydrogen (secondary N) is 1. The van der Waals surface area contributed by atoms with Gasteiger partial charge >= 0.3 is 0 Å². The topological polar surface area (TPSA) is 54.9 Å². The zero-order valence-corrected chi connectivity index (χ0v) is 18.6. The van der Waals surface area contributed by atoms with E-state index in [9.17, 15) is 4.79 Å². The molecule has 0 saturated carbocycles. The SMILES string of the molecule is CC(C)(C)c1ccc(CSc2nnc(NC(=O)CSc3ccccc3)s2)cc1. The zero-order chi connectivity index (χ0) is 20.0. The Kier molecular flexibility index (Phi) is 7.15. The number of benzene rings is 2. The van der Waals surface area contributed by atoms with Crippen molar-refractivity contribution in [2.45, 2.75) is 41.2 Å². The van der Waals surface area contributed by atoms with Crippen LogP contribution < -0.4 is 5.32 Å². The Labute approximate surface area is 178 Å². The van der Waals surface area contributed by atoms with E-state index in [1.807, 2.05) is 30.3 Å². The highest BCUT2D eigenvalue weighted by molar-refractivity contribution is 8.00. The van der Waals surface area contributed by atoms with Crippen molar-refractivity contribution in [3.63, 3.8) is 0 Å². The van der Waals surface area contributed by atoms with Crippen LogP contribution in [0.15, 0.2) is 63.8 Å². The van der Waals surface area contributed by atoms with Gasteiger partial charge in [-0.3, -0.25) is 10.1 Å². The van der Waals surface area contributed by atoms with Crippen LogP contribution in [0.2, 0.25) is 0 Å². The first kappa shape index (κ1) is 20.9. The van der Waals surface area contributed by atoms with Crippen LogP contribution in [0.4, 0.5) is 5.13 Å². The maximum atomic E-state index is 12.1. The predicted octanol–water partition coefficient (Wildman–Crippen LogP) is 5.86. The van der Waals surface area contributed by atoms with E-state index in [1.54, 1.807) is 11.8 Å². The van der Waals surface area contributed by atoms with Gasteiger partial charge in [0.25, 0.3) is 0 Å². The molecule has 0 aliphatic rings. The number of anilines is 1. The molecule has 2 aromatic carbocycles. The molecule has 3 rings (SSSR count). The molecule has 0 bridgehead atoms. The maximum Gasteiger partial charge on any atom is 0.236 e. The van der Waals surface area contributed by atoms with E-state index < -0.39 is 0 Å². The number of carbonyl (C=O) groups excluding carboxylic acids is 1. The van der Waals surface area contributed by atoms with Crippen molar-refractivity contribution in [2.24, 2.45) is 0 Å². The van der Waals surface area contributed by atoms with Crippen molar-refractivity contribution >= 4 is 45.9 Å². The molecule has 0 aliphatic carbocycles. The number of nitrogens with zero attached hydrogens (tertiary/aromatic N) is 2. The van der Waals surface area contributed by atoms with Crippen LogP contribution in [-0.2, 0) is 16.0 Å². The van der Waals surface area contributed by atoms with Crippen molar-refractivity contribution < 1.29 is 4.79 Å². The standard InChI is InChI=1S/C21H23N3OS3/c1-21(2,3)16-11-9-15(10-12-16)13-27-20-24-23-19(28-20)22-18(25)14-26-17-7-5-4-6-8-17/h4-12H,13-14H2,1-3H3,(H,22,23,25). The Morgan fingerprint density at radius 3 is 2.39 bits per heavy atom. The lowest BCUT2D eigenvalue weighted by Gasteiger charge is -2.19. The van der Waals surface area contributed by atoms with Crippen LogP contribution in [-0.4, -0.2) is 21.9 Å². The van der Waals surface area contributed by atoms with Gasteiger partial charge in [-0.2, -0.15) is 0 Å². The van der Waals surface area contributed by atoms with Gasteiger partial charge in [0.2, 0.25) is 11.0 Å². The first-order valence-corrected chi connectivity index (χ1v) is 11.7. The number of thioether (sulfide) groups is 2. The Hall–Kier alpha value is -1.83. The van der Waals surface area contributed by atoms with Crippen LogP contribution in [0.1, 0.15) is 31.9 Å². The third kappa shape index (κ3) is 6.36. The lowest BCUT2D eigenvalue weighted by atomic mass is 9.87. The van der Waals surface area contributed by atoms with Crippen LogP contribution in [0.25, 0.3) is 0 Å². The highest BCUT2D eigenvalue weighted by atomic mass is 32.2. The van der Waals surface area contributed by atoms with E-state index >= 15 is 0 Å². The summed E-state index contributed by atoms with van der Waals surface area (Å²) < 4.78 is 0.853. The smallest absolute Gasteiger partial charge is 0.236 e. The molecule has 1 amide bonds. The van der Waals surface area contributed by atoms with Gasteiger partial charge in [-0.1, -0.05) is 86.3 Å². The third-order valence-corrected chi connectivity index (χ3v) is 7.00. The molecular weight excluding hydrogens is 406 g/mol. The summed E-state index contributed by atoms with van der Waals surface area (Å²) in [5, 5.41) is 11.6. The second kappa shape index (κ2) is 9.58. The summed E-state index contributed by atoms with van der Waals surface area (Å²) in [6.07, 6.45) is 0. The summed E-state index contributed by atoms with van der Waals surface area (Å²) in [7, 11) is 0. The fraction of sp³-hybridized carbons (Fsp3) is 0.286. The quantitative estimate of drug-likeness (QED) is 0.377. The monoisotopic (exact) mass is 429 g/mol. The van der Waals surface area contributed by atoms with Crippen molar-refractivity contribution in [3.8, 4) is 0 Å². The fourth-order valence-electron chi connectivity index (χ4n) is 2.39. The summed E-state index contributed by atoms with van der Waals surface area (Å²) >= 11 is 4.55. The normalized spacial score (nSPS) is 11.4. The molecule has 146 valence electrons. The molecule has 0 unspecified atom stereocenters. The second-order valence-electron chi connectivity index (χ2n) is 7.26. The van der Waals surface area contributed by atoms with Gasteiger partial charge < -0.3 is 0 Å². The number of amides is 1. The predicted molar refractivity (Wildman–Crippen MR) is 120 cm³/mol. The highest BCUT2D eigenvalue weighted by Gasteiger charge is 2.13. The van der Waals surface area contributed by atoms with Crippen LogP contribution in [0, 0.1) is 0 Å². The lowest BCUT2D eigenvalue weighted by Crippen LogP contribution is -2.13. The average molecular weight is 430 g/mol. The molecule has 0 saturated heterocycles. The van der Waals surface area contributed by atoms with Crippen molar-refractivity contribution in [1.29, 1.82) is 0 Å². The fourth-order valence-corrected chi connectivity index (χ4v) is 4.83. The van der Waals surface area contributed by atoms with Crippen molar-refractivity contribution in [2.75, 3.05) is 11.1 Å². The number of hydrogen-bond acceptors (Lipinski definition) is 6. The van der Waals surface area contributed by atoms with Crippen LogP contribution in [0.3, 0.4) is 0 Å². The molecule has 7 heteroatoms. The lowest BCUT2D eigenvalue weighted by molar-refractivity contribution is -0.113. The van der Waals surface area contributed by atoms with E-state index in [-0.39, 0.29) is 11.3 Å². The minimum Gasteiger partial charge on any atom is -0.300 e. The molecule has 0 aliphatic heterocycles. The molecule has 4 nitrogen and oxygen atoms in total.